The zero-order valence-corrected chi connectivity index (χ0v) is 14.5. The van der Waals surface area contributed by atoms with Gasteiger partial charge >= 0.3 is 0 Å². The minimum atomic E-state index is 0.0764. The monoisotopic (exact) mass is 382 g/mol. The molecule has 3 aromatic rings. The van der Waals surface area contributed by atoms with Crippen LogP contribution < -0.4 is 9.47 Å². The summed E-state index contributed by atoms with van der Waals surface area (Å²) in [6.07, 6.45) is 0. The van der Waals surface area contributed by atoms with Crippen LogP contribution in [0.25, 0.3) is 0 Å². The van der Waals surface area contributed by atoms with Crippen molar-refractivity contribution in [3.8, 4) is 35.4 Å². The van der Waals surface area contributed by atoms with Gasteiger partial charge in [-0.15, -0.1) is 0 Å². The van der Waals surface area contributed by atoms with E-state index in [1.54, 1.807) is 36.4 Å². The van der Waals surface area contributed by atoms with E-state index < -0.39 is 0 Å². The number of benzene rings is 1. The van der Waals surface area contributed by atoms with Gasteiger partial charge in [-0.2, -0.15) is 10.5 Å². The fourth-order valence-corrected chi connectivity index (χ4v) is 2.36. The predicted molar refractivity (Wildman–Crippen MR) is 94.5 cm³/mol. The molecule has 2 heterocycles. The maximum absolute atomic E-state index is 9.54. The normalized spacial score (nSPS) is 9.85. The Morgan fingerprint density at radius 2 is 1.27 bits per heavy atom. The smallest absolute Gasteiger partial charge is 0.220 e. The number of rotatable bonds is 4. The van der Waals surface area contributed by atoms with Crippen molar-refractivity contribution in [3.63, 3.8) is 0 Å². The van der Waals surface area contributed by atoms with Gasteiger partial charge in [-0.25, -0.2) is 9.97 Å². The largest absolute Gasteiger partial charge is 0.437 e. The Hall–Kier alpha value is -3.32. The summed E-state index contributed by atoms with van der Waals surface area (Å²) in [5.41, 5.74) is 0.311. The van der Waals surface area contributed by atoms with E-state index in [1.165, 1.54) is 12.1 Å². The summed E-state index contributed by atoms with van der Waals surface area (Å²) in [5, 5.41) is 19.3. The van der Waals surface area contributed by atoms with Gasteiger partial charge in [0.25, 0.3) is 0 Å². The number of hydrogen-bond acceptors (Lipinski definition) is 6. The summed E-state index contributed by atoms with van der Waals surface area (Å²) in [5.74, 6) is 0.573. The molecule has 3 rings (SSSR count). The van der Waals surface area contributed by atoms with Gasteiger partial charge in [0.05, 0.1) is 11.6 Å². The minimum Gasteiger partial charge on any atom is -0.437 e. The lowest BCUT2D eigenvalue weighted by molar-refractivity contribution is 0.439. The molecule has 0 radical (unpaired) electrons. The van der Waals surface area contributed by atoms with Crippen LogP contribution in [-0.2, 0) is 0 Å². The van der Waals surface area contributed by atoms with Crippen molar-refractivity contribution in [1.82, 2.24) is 9.97 Å². The van der Waals surface area contributed by atoms with Gasteiger partial charge < -0.3 is 9.47 Å². The molecule has 26 heavy (non-hydrogen) atoms. The maximum Gasteiger partial charge on any atom is 0.220 e. The van der Waals surface area contributed by atoms with Crippen LogP contribution in [0.5, 0.6) is 23.3 Å². The first-order valence-electron chi connectivity index (χ1n) is 7.18. The zero-order chi connectivity index (χ0) is 18.5. The summed E-state index contributed by atoms with van der Waals surface area (Å²) < 4.78 is 11.3. The van der Waals surface area contributed by atoms with Crippen molar-refractivity contribution < 1.29 is 9.47 Å². The molecular weight excluding hydrogens is 375 g/mol. The fraction of sp³-hybridized carbons (Fsp3) is 0. The molecule has 0 saturated heterocycles. The van der Waals surface area contributed by atoms with Gasteiger partial charge in [-0.05, 0) is 12.1 Å². The third-order valence-electron chi connectivity index (χ3n) is 3.12. The molecule has 0 saturated carbocycles. The third kappa shape index (κ3) is 4.01. The quantitative estimate of drug-likeness (QED) is 0.582. The highest BCUT2D eigenvalue weighted by molar-refractivity contribution is 6.29. The van der Waals surface area contributed by atoms with Crippen LogP contribution in [0.3, 0.4) is 0 Å². The molecule has 0 spiro atoms. The Labute approximate surface area is 158 Å². The summed E-state index contributed by atoms with van der Waals surface area (Å²) in [4.78, 5) is 8.01. The molecule has 0 bridgehead atoms. The van der Waals surface area contributed by atoms with Crippen LogP contribution in [0.1, 0.15) is 11.1 Å². The molecule has 1 aromatic carbocycles. The Bertz CT molecular complexity index is 989. The third-order valence-corrected chi connectivity index (χ3v) is 3.54. The van der Waals surface area contributed by atoms with Crippen LogP contribution in [0, 0.1) is 22.7 Å². The van der Waals surface area contributed by atoms with Crippen LogP contribution >= 0.6 is 23.2 Å². The zero-order valence-electron chi connectivity index (χ0n) is 13.0. The van der Waals surface area contributed by atoms with E-state index in [0.717, 1.165) is 0 Å². The first kappa shape index (κ1) is 17.5. The predicted octanol–water partition coefficient (Wildman–Crippen LogP) is 5.11. The first-order valence-corrected chi connectivity index (χ1v) is 7.93. The summed E-state index contributed by atoms with van der Waals surface area (Å²) >= 11 is 11.7. The summed E-state index contributed by atoms with van der Waals surface area (Å²) in [6, 6.07) is 16.5. The molecule has 0 aliphatic rings. The van der Waals surface area contributed by atoms with Crippen molar-refractivity contribution in [2.45, 2.75) is 0 Å². The number of ether oxygens (including phenoxy) is 2. The maximum atomic E-state index is 9.54. The lowest BCUT2D eigenvalue weighted by Gasteiger charge is -2.12. The Morgan fingerprint density at radius 1 is 0.769 bits per heavy atom. The number of halogens is 2. The van der Waals surface area contributed by atoms with Gasteiger partial charge in [-0.1, -0.05) is 35.3 Å². The number of hydrogen-bond donors (Lipinski definition) is 0. The Balaban J connectivity index is 2.04. The molecule has 0 fully saturated rings. The second-order valence-corrected chi connectivity index (χ2v) is 5.65. The highest BCUT2D eigenvalue weighted by Gasteiger charge is 2.16. The SMILES string of the molecule is N#Cc1cc(Oc2cccc(Cl)n2)c(C#N)c(Oc2cccc(Cl)n2)c1. The number of nitriles is 2. The number of nitrogens with zero attached hydrogens (tertiary/aromatic N) is 4. The summed E-state index contributed by atoms with van der Waals surface area (Å²) in [6.45, 7) is 0. The highest BCUT2D eigenvalue weighted by Crippen LogP contribution is 2.35. The second kappa shape index (κ2) is 7.71. The van der Waals surface area contributed by atoms with E-state index in [2.05, 4.69) is 9.97 Å². The minimum absolute atomic E-state index is 0.0764. The van der Waals surface area contributed by atoms with Gasteiger partial charge in [0.2, 0.25) is 11.8 Å². The van der Waals surface area contributed by atoms with Crippen molar-refractivity contribution in [3.05, 3.63) is 70.0 Å². The molecular formula is C18H8Cl2N4O2. The fourth-order valence-electron chi connectivity index (χ4n) is 2.04. The number of aromatic nitrogens is 2. The topological polar surface area (TPSA) is 91.8 Å². The van der Waals surface area contributed by atoms with Gasteiger partial charge in [0.1, 0.15) is 21.9 Å². The standard InChI is InChI=1S/C18H8Cl2N4O2/c19-15-3-1-5-17(23-15)25-13-7-11(9-21)8-14(12(13)10-22)26-18-6-2-4-16(20)24-18/h1-8H. The second-order valence-electron chi connectivity index (χ2n) is 4.87. The molecule has 0 unspecified atom stereocenters. The molecule has 8 heteroatoms. The molecule has 0 atom stereocenters. The van der Waals surface area contributed by atoms with Gasteiger partial charge in [0, 0.05) is 24.3 Å². The van der Waals surface area contributed by atoms with E-state index in [4.69, 9.17) is 32.7 Å². The van der Waals surface area contributed by atoms with E-state index in [1.807, 2.05) is 12.1 Å². The van der Waals surface area contributed by atoms with Crippen molar-refractivity contribution >= 4 is 23.2 Å². The van der Waals surface area contributed by atoms with E-state index in [0.29, 0.717) is 0 Å². The molecule has 2 aromatic heterocycles. The van der Waals surface area contributed by atoms with Crippen LogP contribution in [0.4, 0.5) is 0 Å². The van der Waals surface area contributed by atoms with Crippen molar-refractivity contribution in [2.24, 2.45) is 0 Å². The van der Waals surface area contributed by atoms with Crippen molar-refractivity contribution in [1.29, 1.82) is 10.5 Å². The highest BCUT2D eigenvalue weighted by atomic mass is 35.5. The molecule has 6 nitrogen and oxygen atoms in total. The van der Waals surface area contributed by atoms with E-state index in [9.17, 15) is 10.5 Å². The lowest BCUT2D eigenvalue weighted by atomic mass is 10.1. The van der Waals surface area contributed by atoms with Crippen LogP contribution in [0.15, 0.2) is 48.5 Å². The molecule has 126 valence electrons. The molecule has 0 aliphatic heterocycles. The lowest BCUT2D eigenvalue weighted by Crippen LogP contribution is -1.97. The average molecular weight is 383 g/mol. The Kier molecular flexibility index (Phi) is 5.19. The average Bonchev–Trinajstić information content (AvgIpc) is 2.61. The van der Waals surface area contributed by atoms with E-state index >= 15 is 0 Å². The first-order chi connectivity index (χ1) is 12.6. The van der Waals surface area contributed by atoms with Crippen LogP contribution in [0.2, 0.25) is 10.3 Å². The van der Waals surface area contributed by atoms with Gasteiger partial charge in [0.15, 0.2) is 11.5 Å². The molecule has 0 N–H and O–H groups in total. The molecule has 0 amide bonds. The number of pyridine rings is 2. The Morgan fingerprint density at radius 3 is 1.65 bits per heavy atom. The van der Waals surface area contributed by atoms with Crippen molar-refractivity contribution in [2.75, 3.05) is 0 Å². The summed E-state index contributed by atoms with van der Waals surface area (Å²) in [7, 11) is 0. The molecule has 0 aliphatic carbocycles. The van der Waals surface area contributed by atoms with Crippen LogP contribution in [-0.4, -0.2) is 9.97 Å². The van der Waals surface area contributed by atoms with E-state index in [-0.39, 0.29) is 44.7 Å². The van der Waals surface area contributed by atoms with Gasteiger partial charge in [-0.3, -0.25) is 0 Å².